The van der Waals surface area contributed by atoms with Crippen molar-refractivity contribution in [2.75, 3.05) is 20.3 Å². The fourth-order valence-electron chi connectivity index (χ4n) is 1.73. The lowest BCUT2D eigenvalue weighted by Crippen LogP contribution is -2.18. The van der Waals surface area contributed by atoms with Gasteiger partial charge in [0.2, 0.25) is 0 Å². The Morgan fingerprint density at radius 1 is 1.45 bits per heavy atom. The Bertz CT molecular complexity index is 561. The van der Waals surface area contributed by atoms with Crippen molar-refractivity contribution in [3.8, 4) is 0 Å². The lowest BCUT2D eigenvalue weighted by molar-refractivity contribution is 0.199. The van der Waals surface area contributed by atoms with Crippen molar-refractivity contribution in [2.45, 2.75) is 13.1 Å². The van der Waals surface area contributed by atoms with Crippen LogP contribution in [0.15, 0.2) is 28.9 Å². The van der Waals surface area contributed by atoms with Crippen LogP contribution in [0.5, 0.6) is 0 Å². The molecule has 2 rings (SSSR count). The lowest BCUT2D eigenvalue weighted by atomic mass is 10.2. The van der Waals surface area contributed by atoms with Crippen molar-refractivity contribution in [2.24, 2.45) is 0 Å². The molecule has 1 aromatic heterocycles. The van der Waals surface area contributed by atoms with Gasteiger partial charge in [0.1, 0.15) is 5.82 Å². The van der Waals surface area contributed by atoms with Crippen LogP contribution < -0.4 is 5.32 Å². The molecule has 2 aromatic rings. The molecule has 0 radical (unpaired) electrons. The molecule has 0 spiro atoms. The fourth-order valence-corrected chi connectivity index (χ4v) is 2.14. The van der Waals surface area contributed by atoms with Crippen LogP contribution in [0.3, 0.4) is 0 Å². The molecule has 0 amide bonds. The first-order chi connectivity index (χ1) is 9.69. The van der Waals surface area contributed by atoms with Crippen molar-refractivity contribution in [3.63, 3.8) is 0 Å². The number of halogens is 2. The number of methoxy groups -OCH3 is 1. The summed E-state index contributed by atoms with van der Waals surface area (Å²) in [5, 5.41) is 11.2. The second kappa shape index (κ2) is 7.47. The molecule has 0 fully saturated rings. The Kier molecular flexibility index (Phi) is 5.63. The molecular weight excluding hydrogens is 327 g/mol. The van der Waals surface area contributed by atoms with Gasteiger partial charge < -0.3 is 10.1 Å². The van der Waals surface area contributed by atoms with Crippen LogP contribution >= 0.6 is 15.9 Å². The third-order valence-corrected chi connectivity index (χ3v) is 3.21. The summed E-state index contributed by atoms with van der Waals surface area (Å²) in [6.45, 7) is 2.38. The van der Waals surface area contributed by atoms with Crippen molar-refractivity contribution in [1.29, 1.82) is 0 Å². The van der Waals surface area contributed by atoms with Crippen molar-refractivity contribution >= 4 is 15.9 Å². The molecule has 0 aliphatic carbocycles. The molecule has 0 unspecified atom stereocenters. The molecule has 108 valence electrons. The number of benzene rings is 1. The van der Waals surface area contributed by atoms with E-state index in [9.17, 15) is 4.39 Å². The minimum absolute atomic E-state index is 0.247. The summed E-state index contributed by atoms with van der Waals surface area (Å²) in [5.41, 5.74) is 1.39. The maximum absolute atomic E-state index is 13.6. The van der Waals surface area contributed by atoms with Crippen LogP contribution in [0.4, 0.5) is 4.39 Å². The largest absolute Gasteiger partial charge is 0.383 e. The molecule has 0 bridgehead atoms. The highest BCUT2D eigenvalue weighted by molar-refractivity contribution is 9.10. The molecule has 5 nitrogen and oxygen atoms in total. The predicted molar refractivity (Wildman–Crippen MR) is 76.8 cm³/mol. The lowest BCUT2D eigenvalue weighted by Gasteiger charge is -2.03. The van der Waals surface area contributed by atoms with E-state index in [1.807, 2.05) is 0 Å². The monoisotopic (exact) mass is 342 g/mol. The van der Waals surface area contributed by atoms with Crippen LogP contribution in [0.1, 0.15) is 11.3 Å². The number of aromatic nitrogens is 3. The summed E-state index contributed by atoms with van der Waals surface area (Å²) in [7, 11) is 1.66. The minimum atomic E-state index is -0.247. The summed E-state index contributed by atoms with van der Waals surface area (Å²) < 4.78 is 21.0. The van der Waals surface area contributed by atoms with Crippen LogP contribution in [-0.4, -0.2) is 35.3 Å². The summed E-state index contributed by atoms with van der Waals surface area (Å²) >= 11 is 3.33. The number of nitrogens with one attached hydrogen (secondary N) is 1. The summed E-state index contributed by atoms with van der Waals surface area (Å²) in [6, 6.07) is 4.85. The van der Waals surface area contributed by atoms with Crippen LogP contribution in [-0.2, 0) is 17.8 Å². The van der Waals surface area contributed by atoms with Gasteiger partial charge in [-0.1, -0.05) is 21.1 Å². The Labute approximate surface area is 125 Å². The second-order valence-corrected chi connectivity index (χ2v) is 5.23. The van der Waals surface area contributed by atoms with Gasteiger partial charge in [0, 0.05) is 30.2 Å². The van der Waals surface area contributed by atoms with E-state index in [0.717, 1.165) is 16.7 Å². The van der Waals surface area contributed by atoms with E-state index in [1.165, 1.54) is 6.07 Å². The molecule has 7 heteroatoms. The standard InChI is InChI=1S/C13H16BrFN4O/c1-20-5-4-16-7-12-9-19(18-17-12)8-10-6-11(14)2-3-13(10)15/h2-3,6,9,16H,4-5,7-8H2,1H3. The average molecular weight is 343 g/mol. The number of rotatable bonds is 7. The third-order valence-electron chi connectivity index (χ3n) is 2.72. The van der Waals surface area contributed by atoms with E-state index in [-0.39, 0.29) is 5.82 Å². The van der Waals surface area contributed by atoms with E-state index < -0.39 is 0 Å². The second-order valence-electron chi connectivity index (χ2n) is 4.31. The maximum Gasteiger partial charge on any atom is 0.128 e. The zero-order valence-electron chi connectivity index (χ0n) is 11.1. The molecule has 0 saturated carbocycles. The van der Waals surface area contributed by atoms with E-state index in [1.54, 1.807) is 30.1 Å². The highest BCUT2D eigenvalue weighted by Crippen LogP contribution is 2.16. The highest BCUT2D eigenvalue weighted by Gasteiger charge is 2.06. The minimum Gasteiger partial charge on any atom is -0.383 e. The topological polar surface area (TPSA) is 52.0 Å². The molecule has 1 N–H and O–H groups in total. The number of ether oxygens (including phenoxy) is 1. The smallest absolute Gasteiger partial charge is 0.128 e. The fraction of sp³-hybridized carbons (Fsp3) is 0.385. The molecular formula is C13H16BrFN4O. The first-order valence-corrected chi connectivity index (χ1v) is 7.01. The number of hydrogen-bond acceptors (Lipinski definition) is 4. The molecule has 1 aromatic carbocycles. The van der Waals surface area contributed by atoms with Gasteiger partial charge >= 0.3 is 0 Å². The number of nitrogens with zero attached hydrogens (tertiary/aromatic N) is 3. The van der Waals surface area contributed by atoms with Crippen molar-refractivity contribution < 1.29 is 9.13 Å². The van der Waals surface area contributed by atoms with E-state index in [2.05, 4.69) is 31.6 Å². The van der Waals surface area contributed by atoms with Crippen molar-refractivity contribution in [1.82, 2.24) is 20.3 Å². The third kappa shape index (κ3) is 4.36. The molecule has 1 heterocycles. The summed E-state index contributed by atoms with van der Waals surface area (Å²) in [6.07, 6.45) is 1.81. The quantitative estimate of drug-likeness (QED) is 0.781. The van der Waals surface area contributed by atoms with Crippen LogP contribution in [0.25, 0.3) is 0 Å². The zero-order chi connectivity index (χ0) is 14.4. The first kappa shape index (κ1) is 15.1. The Balaban J connectivity index is 1.93. The van der Waals surface area contributed by atoms with Crippen LogP contribution in [0, 0.1) is 5.82 Å². The maximum atomic E-state index is 13.6. The van der Waals surface area contributed by atoms with Crippen molar-refractivity contribution in [3.05, 3.63) is 45.9 Å². The van der Waals surface area contributed by atoms with Gasteiger partial charge in [-0.15, -0.1) is 5.10 Å². The first-order valence-electron chi connectivity index (χ1n) is 6.21. The Hall–Kier alpha value is -1.31. The van der Waals surface area contributed by atoms with Gasteiger partial charge in [-0.3, -0.25) is 0 Å². The molecule has 0 saturated heterocycles. The average Bonchev–Trinajstić information content (AvgIpc) is 2.87. The Morgan fingerprint density at radius 2 is 2.30 bits per heavy atom. The molecule has 0 atom stereocenters. The van der Waals surface area contributed by atoms with E-state index in [4.69, 9.17) is 4.74 Å². The zero-order valence-corrected chi connectivity index (χ0v) is 12.7. The van der Waals surface area contributed by atoms with E-state index in [0.29, 0.717) is 25.3 Å². The van der Waals surface area contributed by atoms with Crippen LogP contribution in [0.2, 0.25) is 0 Å². The SMILES string of the molecule is COCCNCc1cn(Cc2cc(Br)ccc2F)nn1. The normalized spacial score (nSPS) is 10.9. The highest BCUT2D eigenvalue weighted by atomic mass is 79.9. The molecule has 0 aliphatic heterocycles. The molecule has 20 heavy (non-hydrogen) atoms. The summed E-state index contributed by atoms with van der Waals surface area (Å²) in [4.78, 5) is 0. The Morgan fingerprint density at radius 3 is 3.10 bits per heavy atom. The van der Waals surface area contributed by atoms with Gasteiger partial charge in [0.25, 0.3) is 0 Å². The van der Waals surface area contributed by atoms with Gasteiger partial charge in [-0.05, 0) is 18.2 Å². The predicted octanol–water partition coefficient (Wildman–Crippen LogP) is 1.96. The van der Waals surface area contributed by atoms with E-state index >= 15 is 0 Å². The number of hydrogen-bond donors (Lipinski definition) is 1. The van der Waals surface area contributed by atoms with Gasteiger partial charge in [-0.25, -0.2) is 9.07 Å². The van der Waals surface area contributed by atoms with Gasteiger partial charge in [0.05, 0.1) is 25.0 Å². The summed E-state index contributed by atoms with van der Waals surface area (Å²) in [5.74, 6) is -0.247. The molecule has 0 aliphatic rings. The van der Waals surface area contributed by atoms with Gasteiger partial charge in [-0.2, -0.15) is 0 Å². The van der Waals surface area contributed by atoms with Gasteiger partial charge in [0.15, 0.2) is 0 Å².